The summed E-state index contributed by atoms with van der Waals surface area (Å²) in [6.07, 6.45) is 4.83. The van der Waals surface area contributed by atoms with Gasteiger partial charge in [-0.15, -0.1) is 5.67 Å². The van der Waals surface area contributed by atoms with Gasteiger partial charge in [0.2, 0.25) is 0 Å². The number of rotatable bonds is 6. The minimum atomic E-state index is 0.456. The van der Waals surface area contributed by atoms with Crippen molar-refractivity contribution in [3.8, 4) is 0 Å². The van der Waals surface area contributed by atoms with Crippen LogP contribution < -0.4 is 0 Å². The second-order valence-electron chi connectivity index (χ2n) is 3.85. The fourth-order valence-corrected chi connectivity index (χ4v) is 3.18. The first-order chi connectivity index (χ1) is 7.38. The van der Waals surface area contributed by atoms with Crippen molar-refractivity contribution in [3.63, 3.8) is 0 Å². The van der Waals surface area contributed by atoms with Crippen molar-refractivity contribution in [3.05, 3.63) is 42.8 Å². The molecule has 1 radical (unpaired) electrons. The minimum absolute atomic E-state index is 0.456. The zero-order valence-corrected chi connectivity index (χ0v) is 10.8. The van der Waals surface area contributed by atoms with Crippen LogP contribution in [-0.4, -0.2) is 14.8 Å². The first-order valence-corrected chi connectivity index (χ1v) is 7.22. The molecule has 0 saturated carbocycles. The van der Waals surface area contributed by atoms with Crippen molar-refractivity contribution < 1.29 is 0 Å². The third-order valence-corrected chi connectivity index (χ3v) is 4.58. The van der Waals surface area contributed by atoms with Crippen molar-refractivity contribution in [1.29, 1.82) is 0 Å². The highest BCUT2D eigenvalue weighted by molar-refractivity contribution is 6.48. The fourth-order valence-electron chi connectivity index (χ4n) is 1.71. The molecule has 0 heterocycles. The van der Waals surface area contributed by atoms with Crippen molar-refractivity contribution >= 4 is 14.8 Å². The minimum Gasteiger partial charge on any atom is -0.106 e. The average Bonchev–Trinajstić information content (AvgIpc) is 2.30. The van der Waals surface area contributed by atoms with E-state index in [2.05, 4.69) is 49.9 Å². The average molecular weight is 217 g/mol. The molecule has 0 aliphatic rings. The second kappa shape index (κ2) is 7.58. The summed E-state index contributed by atoms with van der Waals surface area (Å²) in [7, 11) is 0.456. The summed E-state index contributed by atoms with van der Waals surface area (Å²) < 4.78 is 0. The highest BCUT2D eigenvalue weighted by Gasteiger charge is 2.03. The van der Waals surface area contributed by atoms with Gasteiger partial charge in [0, 0.05) is 0 Å². The zero-order chi connectivity index (χ0) is 10.9. The summed E-state index contributed by atoms with van der Waals surface area (Å²) >= 11 is 0. The summed E-state index contributed by atoms with van der Waals surface area (Å²) in [5.41, 5.74) is 4.81. The van der Waals surface area contributed by atoms with E-state index < -0.39 is 0 Å². The summed E-state index contributed by atoms with van der Waals surface area (Å²) in [6.45, 7) is 6.16. The summed E-state index contributed by atoms with van der Waals surface area (Å²) in [6, 6.07) is 10.9. The molecule has 0 bridgehead atoms. The molecule has 1 rings (SSSR count). The van der Waals surface area contributed by atoms with Gasteiger partial charge in [0.15, 0.2) is 0 Å². The first-order valence-electron chi connectivity index (χ1n) is 5.89. The molecule has 0 aliphatic heterocycles. The Morgan fingerprint density at radius 2 is 2.07 bits per heavy atom. The fraction of sp³-hybridized carbons (Fsp3) is 0.429. The van der Waals surface area contributed by atoms with Crippen LogP contribution in [-0.2, 0) is 0 Å². The lowest BCUT2D eigenvalue weighted by atomic mass is 10.1. The smallest absolute Gasteiger partial charge is 0.00397 e. The Balaban J connectivity index is 2.53. The molecule has 1 atom stereocenters. The Hall–Kier alpha value is -0.693. The van der Waals surface area contributed by atoms with Crippen molar-refractivity contribution in [2.24, 2.45) is 0 Å². The van der Waals surface area contributed by atoms with Crippen LogP contribution >= 0.6 is 0 Å². The van der Waals surface area contributed by atoms with E-state index in [1.54, 1.807) is 0 Å². The summed E-state index contributed by atoms with van der Waals surface area (Å²) in [5.74, 6) is 0. The molecule has 0 fully saturated rings. The maximum atomic E-state index is 3.87. The molecule has 0 amide bonds. The molecular weight excluding hydrogens is 196 g/mol. The van der Waals surface area contributed by atoms with Gasteiger partial charge in [0.25, 0.3) is 0 Å². The SMILES string of the molecule is [CH2]CCCC=[SiH]C(CC)c1ccccc1. The molecule has 0 aromatic heterocycles. The van der Waals surface area contributed by atoms with E-state index in [1.807, 2.05) is 0 Å². The Morgan fingerprint density at radius 3 is 2.67 bits per heavy atom. The van der Waals surface area contributed by atoms with E-state index in [-0.39, 0.29) is 0 Å². The topological polar surface area (TPSA) is 0 Å². The first kappa shape index (κ1) is 12.4. The summed E-state index contributed by atoms with van der Waals surface area (Å²) in [4.78, 5) is 0. The third-order valence-electron chi connectivity index (χ3n) is 2.66. The molecular formula is C14H21Si. The molecule has 0 aliphatic carbocycles. The van der Waals surface area contributed by atoms with Gasteiger partial charge in [0.05, 0.1) is 0 Å². The van der Waals surface area contributed by atoms with E-state index in [4.69, 9.17) is 0 Å². The van der Waals surface area contributed by atoms with E-state index in [1.165, 1.54) is 24.8 Å². The molecule has 15 heavy (non-hydrogen) atoms. The van der Waals surface area contributed by atoms with Crippen LogP contribution in [0.4, 0.5) is 0 Å². The van der Waals surface area contributed by atoms with Crippen LogP contribution in [0.2, 0.25) is 0 Å². The monoisotopic (exact) mass is 217 g/mol. The molecule has 0 spiro atoms. The largest absolute Gasteiger partial charge is 0.106 e. The molecule has 0 saturated heterocycles. The number of unbranched alkanes of at least 4 members (excludes halogenated alkanes) is 2. The van der Waals surface area contributed by atoms with Crippen LogP contribution in [0.15, 0.2) is 30.3 Å². The van der Waals surface area contributed by atoms with Crippen molar-refractivity contribution in [2.75, 3.05) is 0 Å². The van der Waals surface area contributed by atoms with Gasteiger partial charge in [-0.05, 0) is 33.1 Å². The lowest BCUT2D eigenvalue weighted by Gasteiger charge is -2.09. The van der Waals surface area contributed by atoms with E-state index >= 15 is 0 Å². The molecule has 1 aromatic carbocycles. The lowest BCUT2D eigenvalue weighted by molar-refractivity contribution is 0.877. The maximum absolute atomic E-state index is 3.87. The van der Waals surface area contributed by atoms with Crippen LogP contribution in [0.25, 0.3) is 0 Å². The van der Waals surface area contributed by atoms with Crippen LogP contribution in [0.3, 0.4) is 0 Å². The Kier molecular flexibility index (Phi) is 6.25. The Morgan fingerprint density at radius 1 is 1.33 bits per heavy atom. The van der Waals surface area contributed by atoms with Gasteiger partial charge in [-0.25, -0.2) is 0 Å². The van der Waals surface area contributed by atoms with Crippen LogP contribution in [0, 0.1) is 6.92 Å². The molecule has 1 heteroatoms. The molecule has 0 N–H and O–H groups in total. The van der Waals surface area contributed by atoms with Gasteiger partial charge < -0.3 is 0 Å². The molecule has 1 unspecified atom stereocenters. The van der Waals surface area contributed by atoms with Crippen molar-refractivity contribution in [2.45, 2.75) is 38.1 Å². The highest BCUT2D eigenvalue weighted by Crippen LogP contribution is 2.15. The predicted molar refractivity (Wildman–Crippen MR) is 71.9 cm³/mol. The normalized spacial score (nSPS) is 13.2. The van der Waals surface area contributed by atoms with E-state index in [0.717, 1.165) is 12.0 Å². The van der Waals surface area contributed by atoms with Gasteiger partial charge >= 0.3 is 0 Å². The van der Waals surface area contributed by atoms with E-state index in [9.17, 15) is 0 Å². The van der Waals surface area contributed by atoms with Crippen LogP contribution in [0.5, 0.6) is 0 Å². The number of benzene rings is 1. The molecule has 81 valence electrons. The van der Waals surface area contributed by atoms with Crippen LogP contribution in [0.1, 0.15) is 43.7 Å². The summed E-state index contributed by atoms with van der Waals surface area (Å²) in [5, 5.41) is 0. The van der Waals surface area contributed by atoms with E-state index in [0.29, 0.717) is 9.13 Å². The van der Waals surface area contributed by atoms with Crippen molar-refractivity contribution in [1.82, 2.24) is 0 Å². The molecule has 0 nitrogen and oxygen atoms in total. The predicted octanol–water partition coefficient (Wildman–Crippen LogP) is 3.38. The number of hydrogen-bond donors (Lipinski definition) is 0. The second-order valence-corrected chi connectivity index (χ2v) is 5.51. The zero-order valence-electron chi connectivity index (χ0n) is 9.65. The number of hydrogen-bond acceptors (Lipinski definition) is 0. The molecule has 1 aromatic rings. The van der Waals surface area contributed by atoms with Gasteiger partial charge in [0.1, 0.15) is 0 Å². The highest BCUT2D eigenvalue weighted by atomic mass is 28.2. The lowest BCUT2D eigenvalue weighted by Crippen LogP contribution is -2.02. The third kappa shape index (κ3) is 4.56. The Bertz CT molecular complexity index is 277. The van der Waals surface area contributed by atoms with Gasteiger partial charge in [-0.1, -0.05) is 57.0 Å². The maximum Gasteiger partial charge on any atom is -0.00397 e. The standard InChI is InChI=1S/C14H21Si/c1-3-5-9-12-15-14(4-2)13-10-7-6-8-11-13/h6-8,10-12,14-15H,1,3-5,9H2,2H3. The Labute approximate surface area is 96.2 Å². The quantitative estimate of drug-likeness (QED) is 0.506. The van der Waals surface area contributed by atoms with Gasteiger partial charge in [-0.3, -0.25) is 0 Å². The van der Waals surface area contributed by atoms with Gasteiger partial charge in [-0.2, -0.15) is 0 Å².